The van der Waals surface area contributed by atoms with Gasteiger partial charge in [-0.15, -0.1) is 0 Å². The van der Waals surface area contributed by atoms with Gasteiger partial charge in [0.2, 0.25) is 0 Å². The number of rotatable bonds is 5. The first-order chi connectivity index (χ1) is 13.2. The van der Waals surface area contributed by atoms with Crippen LogP contribution in [0, 0.1) is 0 Å². The van der Waals surface area contributed by atoms with Crippen molar-refractivity contribution in [2.75, 3.05) is 46.4 Å². The fraction of sp³-hybridized carbons (Fsp3) is 0.526. The van der Waals surface area contributed by atoms with E-state index in [0.717, 1.165) is 44.0 Å². The van der Waals surface area contributed by atoms with Crippen LogP contribution in [0.15, 0.2) is 30.6 Å². The van der Waals surface area contributed by atoms with Crippen molar-refractivity contribution < 1.29 is 9.53 Å². The van der Waals surface area contributed by atoms with Crippen LogP contribution in [0.4, 0.5) is 0 Å². The van der Waals surface area contributed by atoms with Gasteiger partial charge in [0.15, 0.2) is 0 Å². The third-order valence-corrected chi connectivity index (χ3v) is 5.23. The molecule has 4 rings (SSSR count). The molecule has 1 N–H and O–H groups in total. The number of aromatic nitrogens is 3. The molecule has 1 amide bonds. The predicted octanol–water partition coefficient (Wildman–Crippen LogP) is 0.527. The number of likely N-dealkylation sites (N-methyl/N-ethyl adjacent to an activating group) is 1. The van der Waals surface area contributed by atoms with Crippen molar-refractivity contribution in [1.82, 2.24) is 29.9 Å². The molecule has 1 saturated heterocycles. The molecule has 27 heavy (non-hydrogen) atoms. The number of nitrogens with zero attached hydrogens (tertiary/aromatic N) is 5. The highest BCUT2D eigenvalue weighted by atomic mass is 16.5. The Kier molecular flexibility index (Phi) is 5.47. The van der Waals surface area contributed by atoms with E-state index in [4.69, 9.17) is 4.74 Å². The van der Waals surface area contributed by atoms with Gasteiger partial charge in [-0.1, -0.05) is 6.07 Å². The molecule has 0 bridgehead atoms. The standard InChI is InChI=1S/C19H26N6O2/c1-23-5-6-25-16(14-23)11-17(22-25)19(26)21-13-18(15-3-2-4-20-12-15)24-7-9-27-10-8-24/h2-4,11-12,18H,5-10,13-14H2,1H3,(H,21,26)/t18-/m0/s1. The normalized spacial score (nSPS) is 19.4. The van der Waals surface area contributed by atoms with Crippen molar-refractivity contribution in [1.29, 1.82) is 0 Å². The molecule has 2 aliphatic heterocycles. The van der Waals surface area contributed by atoms with Gasteiger partial charge in [-0.25, -0.2) is 0 Å². The van der Waals surface area contributed by atoms with E-state index in [9.17, 15) is 4.79 Å². The minimum atomic E-state index is -0.123. The highest BCUT2D eigenvalue weighted by Gasteiger charge is 2.25. The second-order valence-electron chi connectivity index (χ2n) is 7.14. The molecule has 2 aliphatic rings. The van der Waals surface area contributed by atoms with Crippen LogP contribution in [-0.4, -0.2) is 76.9 Å². The topological polar surface area (TPSA) is 75.5 Å². The molecule has 144 valence electrons. The van der Waals surface area contributed by atoms with Gasteiger partial charge < -0.3 is 10.1 Å². The summed E-state index contributed by atoms with van der Waals surface area (Å²) < 4.78 is 7.41. The quantitative estimate of drug-likeness (QED) is 0.827. The molecular formula is C19H26N6O2. The molecule has 0 unspecified atom stereocenters. The van der Waals surface area contributed by atoms with Crippen molar-refractivity contribution >= 4 is 5.91 Å². The van der Waals surface area contributed by atoms with Crippen molar-refractivity contribution in [3.63, 3.8) is 0 Å². The zero-order valence-corrected chi connectivity index (χ0v) is 15.7. The van der Waals surface area contributed by atoms with E-state index >= 15 is 0 Å². The molecular weight excluding hydrogens is 344 g/mol. The lowest BCUT2D eigenvalue weighted by molar-refractivity contribution is 0.0161. The number of amides is 1. The largest absolute Gasteiger partial charge is 0.379 e. The molecule has 4 heterocycles. The maximum Gasteiger partial charge on any atom is 0.271 e. The van der Waals surface area contributed by atoms with Gasteiger partial charge >= 0.3 is 0 Å². The van der Waals surface area contributed by atoms with Crippen molar-refractivity contribution in [3.05, 3.63) is 47.5 Å². The fourth-order valence-corrected chi connectivity index (χ4v) is 3.71. The highest BCUT2D eigenvalue weighted by molar-refractivity contribution is 5.92. The van der Waals surface area contributed by atoms with E-state index in [2.05, 4.69) is 38.3 Å². The minimum absolute atomic E-state index is 0.0786. The summed E-state index contributed by atoms with van der Waals surface area (Å²) in [6.45, 7) is 6.25. The summed E-state index contributed by atoms with van der Waals surface area (Å²) in [5.41, 5.74) is 2.68. The van der Waals surface area contributed by atoms with Gasteiger partial charge in [0.05, 0.1) is 31.5 Å². The third-order valence-electron chi connectivity index (χ3n) is 5.23. The molecule has 2 aromatic heterocycles. The fourth-order valence-electron chi connectivity index (χ4n) is 3.71. The van der Waals surface area contributed by atoms with Crippen LogP contribution in [0.2, 0.25) is 0 Å². The number of hydrogen-bond acceptors (Lipinski definition) is 6. The van der Waals surface area contributed by atoms with Crippen LogP contribution in [-0.2, 0) is 17.8 Å². The summed E-state index contributed by atoms with van der Waals surface area (Å²) in [6.07, 6.45) is 3.64. The number of carbonyl (C=O) groups is 1. The number of carbonyl (C=O) groups excluding carboxylic acids is 1. The summed E-state index contributed by atoms with van der Waals surface area (Å²) >= 11 is 0. The lowest BCUT2D eigenvalue weighted by Gasteiger charge is -2.34. The number of nitrogens with one attached hydrogen (secondary N) is 1. The molecule has 0 spiro atoms. The maximum atomic E-state index is 12.7. The van der Waals surface area contributed by atoms with Gasteiger partial charge in [0.1, 0.15) is 5.69 Å². The lowest BCUT2D eigenvalue weighted by Crippen LogP contribution is -2.43. The number of hydrogen-bond donors (Lipinski definition) is 1. The Balaban J connectivity index is 1.45. The van der Waals surface area contributed by atoms with E-state index in [1.54, 1.807) is 6.20 Å². The zero-order chi connectivity index (χ0) is 18.6. The molecule has 0 aliphatic carbocycles. The van der Waals surface area contributed by atoms with Crippen LogP contribution >= 0.6 is 0 Å². The highest BCUT2D eigenvalue weighted by Crippen LogP contribution is 2.20. The maximum absolute atomic E-state index is 12.7. The van der Waals surface area contributed by atoms with Gasteiger partial charge in [-0.2, -0.15) is 5.10 Å². The average Bonchev–Trinajstić information content (AvgIpc) is 3.13. The average molecular weight is 370 g/mol. The Morgan fingerprint density at radius 1 is 1.30 bits per heavy atom. The summed E-state index contributed by atoms with van der Waals surface area (Å²) in [7, 11) is 2.08. The van der Waals surface area contributed by atoms with E-state index in [0.29, 0.717) is 25.5 Å². The first-order valence-electron chi connectivity index (χ1n) is 9.46. The van der Waals surface area contributed by atoms with E-state index < -0.39 is 0 Å². The second kappa shape index (κ2) is 8.16. The zero-order valence-electron chi connectivity index (χ0n) is 15.7. The Hall–Kier alpha value is -2.29. The Morgan fingerprint density at radius 2 is 2.15 bits per heavy atom. The van der Waals surface area contributed by atoms with Crippen LogP contribution in [0.1, 0.15) is 27.8 Å². The number of ether oxygens (including phenoxy) is 1. The minimum Gasteiger partial charge on any atom is -0.379 e. The van der Waals surface area contributed by atoms with Gasteiger partial charge in [0.25, 0.3) is 5.91 Å². The number of fused-ring (bicyclic) bond motifs is 1. The van der Waals surface area contributed by atoms with Crippen molar-refractivity contribution in [2.24, 2.45) is 0 Å². The third kappa shape index (κ3) is 4.18. The Labute approximate surface area is 159 Å². The molecule has 2 aromatic rings. The van der Waals surface area contributed by atoms with Crippen LogP contribution < -0.4 is 5.32 Å². The smallest absolute Gasteiger partial charge is 0.271 e. The molecule has 0 aromatic carbocycles. The summed E-state index contributed by atoms with van der Waals surface area (Å²) in [4.78, 5) is 21.5. The summed E-state index contributed by atoms with van der Waals surface area (Å²) in [5.74, 6) is -0.123. The Bertz CT molecular complexity index is 772. The van der Waals surface area contributed by atoms with Gasteiger partial charge in [-0.3, -0.25) is 24.3 Å². The van der Waals surface area contributed by atoms with Gasteiger partial charge in [-0.05, 0) is 24.7 Å². The van der Waals surface area contributed by atoms with Crippen LogP contribution in [0.3, 0.4) is 0 Å². The second-order valence-corrected chi connectivity index (χ2v) is 7.14. The molecule has 0 radical (unpaired) electrons. The van der Waals surface area contributed by atoms with E-state index in [1.807, 2.05) is 23.0 Å². The van der Waals surface area contributed by atoms with Crippen LogP contribution in [0.25, 0.3) is 0 Å². The van der Waals surface area contributed by atoms with Gasteiger partial charge in [0, 0.05) is 45.1 Å². The van der Waals surface area contributed by atoms with E-state index in [-0.39, 0.29) is 11.9 Å². The van der Waals surface area contributed by atoms with Crippen molar-refractivity contribution in [3.8, 4) is 0 Å². The molecule has 0 saturated carbocycles. The van der Waals surface area contributed by atoms with E-state index in [1.165, 1.54) is 0 Å². The summed E-state index contributed by atoms with van der Waals surface area (Å²) in [6, 6.07) is 5.98. The first-order valence-corrected chi connectivity index (χ1v) is 9.46. The van der Waals surface area contributed by atoms with Crippen LogP contribution in [0.5, 0.6) is 0 Å². The molecule has 8 heteroatoms. The SMILES string of the molecule is CN1CCn2nc(C(=O)NC[C@@H](c3cccnc3)N3CCOCC3)cc2C1. The lowest BCUT2D eigenvalue weighted by atomic mass is 10.1. The Morgan fingerprint density at radius 3 is 2.93 bits per heavy atom. The molecule has 1 atom stereocenters. The van der Waals surface area contributed by atoms with Crippen molar-refractivity contribution in [2.45, 2.75) is 19.1 Å². The molecule has 1 fully saturated rings. The number of morpholine rings is 1. The molecule has 8 nitrogen and oxygen atoms in total. The first kappa shape index (κ1) is 18.1. The summed E-state index contributed by atoms with van der Waals surface area (Å²) in [5, 5.41) is 7.56. The monoisotopic (exact) mass is 370 g/mol. The predicted molar refractivity (Wildman–Crippen MR) is 100 cm³/mol. The number of pyridine rings is 1.